The summed E-state index contributed by atoms with van der Waals surface area (Å²) in [5.74, 6) is 1.60. The summed E-state index contributed by atoms with van der Waals surface area (Å²) in [5.41, 5.74) is 1.94. The number of guanidine groups is 1. The minimum atomic E-state index is 0.0563. The summed E-state index contributed by atoms with van der Waals surface area (Å²) in [4.78, 5) is 8.61. The van der Waals surface area contributed by atoms with Gasteiger partial charge < -0.3 is 15.2 Å². The Kier molecular flexibility index (Phi) is 6.32. The number of aromatic nitrogens is 2. The predicted molar refractivity (Wildman–Crippen MR) is 108 cm³/mol. The van der Waals surface area contributed by atoms with Crippen molar-refractivity contribution in [2.45, 2.75) is 19.5 Å². The fourth-order valence-corrected chi connectivity index (χ4v) is 2.69. The molecule has 2 aromatic carbocycles. The Morgan fingerprint density at radius 2 is 1.70 bits per heavy atom. The van der Waals surface area contributed by atoms with Crippen molar-refractivity contribution in [2.75, 3.05) is 7.05 Å². The first-order valence-corrected chi connectivity index (χ1v) is 9.12. The van der Waals surface area contributed by atoms with E-state index in [2.05, 4.69) is 25.8 Å². The average Bonchev–Trinajstić information content (AvgIpc) is 3.15. The molecule has 0 fully saturated rings. The fourth-order valence-electron chi connectivity index (χ4n) is 2.44. The van der Waals surface area contributed by atoms with Gasteiger partial charge in [-0.3, -0.25) is 4.99 Å². The van der Waals surface area contributed by atoms with Crippen LogP contribution in [0.3, 0.4) is 0 Å². The smallest absolute Gasteiger partial charge is 0.246 e. The molecule has 27 heavy (non-hydrogen) atoms. The third kappa shape index (κ3) is 5.21. The summed E-state index contributed by atoms with van der Waals surface area (Å²) < 4.78 is 5.29. The normalized spacial score (nSPS) is 12.7. The second-order valence-corrected chi connectivity index (χ2v) is 6.73. The lowest BCUT2D eigenvalue weighted by Crippen LogP contribution is -2.38. The molecule has 1 aromatic heterocycles. The minimum absolute atomic E-state index is 0.0563. The molecule has 0 amide bonds. The van der Waals surface area contributed by atoms with Gasteiger partial charge in [0.15, 0.2) is 5.96 Å². The molecule has 3 rings (SSSR count). The van der Waals surface area contributed by atoms with Crippen molar-refractivity contribution in [3.05, 3.63) is 70.0 Å². The predicted octanol–water partition coefficient (Wildman–Crippen LogP) is 4.47. The molecule has 0 saturated carbocycles. The van der Waals surface area contributed by atoms with Gasteiger partial charge in [-0.2, -0.15) is 4.98 Å². The molecule has 0 radical (unpaired) electrons. The van der Waals surface area contributed by atoms with Crippen LogP contribution in [0.15, 0.2) is 58.0 Å². The summed E-state index contributed by atoms with van der Waals surface area (Å²) in [6.07, 6.45) is 0. The van der Waals surface area contributed by atoms with E-state index in [1.807, 2.05) is 43.3 Å². The Hall–Kier alpha value is -2.57. The van der Waals surface area contributed by atoms with Crippen molar-refractivity contribution < 1.29 is 4.52 Å². The van der Waals surface area contributed by atoms with Gasteiger partial charge in [0.1, 0.15) is 0 Å². The number of nitrogens with zero attached hydrogens (tertiary/aromatic N) is 3. The molecule has 8 heteroatoms. The van der Waals surface area contributed by atoms with E-state index in [-0.39, 0.29) is 6.04 Å². The number of rotatable bonds is 5. The second-order valence-electron chi connectivity index (χ2n) is 5.86. The molecule has 3 aromatic rings. The number of hydrogen-bond acceptors (Lipinski definition) is 4. The standard InChI is InChI=1S/C19H19Cl2N5O/c1-12(13-3-7-15(20)8-4-13)24-19(22-2)23-11-17-25-18(26-27-17)14-5-9-16(21)10-6-14/h3-10,12H,11H2,1-2H3,(H2,22,23,24). The SMILES string of the molecule is CN=C(NCc1nc(-c2ccc(Cl)cc2)no1)NC(C)c1ccc(Cl)cc1. The molecular formula is C19H19Cl2N5O. The maximum atomic E-state index is 5.93. The molecule has 1 unspecified atom stereocenters. The second kappa shape index (κ2) is 8.88. The van der Waals surface area contributed by atoms with E-state index in [0.717, 1.165) is 11.1 Å². The molecule has 1 heterocycles. The van der Waals surface area contributed by atoms with Crippen LogP contribution in [-0.2, 0) is 6.54 Å². The highest BCUT2D eigenvalue weighted by molar-refractivity contribution is 6.30. The number of benzene rings is 2. The molecule has 0 aliphatic rings. The maximum absolute atomic E-state index is 5.93. The van der Waals surface area contributed by atoms with E-state index in [4.69, 9.17) is 27.7 Å². The van der Waals surface area contributed by atoms with Gasteiger partial charge >= 0.3 is 0 Å². The first-order chi connectivity index (χ1) is 13.0. The molecule has 0 saturated heterocycles. The van der Waals surface area contributed by atoms with Gasteiger partial charge in [0.2, 0.25) is 11.7 Å². The lowest BCUT2D eigenvalue weighted by molar-refractivity contribution is 0.375. The maximum Gasteiger partial charge on any atom is 0.246 e. The zero-order chi connectivity index (χ0) is 19.2. The van der Waals surface area contributed by atoms with E-state index in [1.54, 1.807) is 19.2 Å². The van der Waals surface area contributed by atoms with Crippen LogP contribution in [-0.4, -0.2) is 23.1 Å². The fraction of sp³-hybridized carbons (Fsp3) is 0.211. The number of aliphatic imine (C=N–C) groups is 1. The summed E-state index contributed by atoms with van der Waals surface area (Å²) in [7, 11) is 1.71. The van der Waals surface area contributed by atoms with E-state index < -0.39 is 0 Å². The van der Waals surface area contributed by atoms with Crippen molar-refractivity contribution in [3.8, 4) is 11.4 Å². The molecule has 0 aliphatic heterocycles. The zero-order valence-corrected chi connectivity index (χ0v) is 16.4. The van der Waals surface area contributed by atoms with Crippen LogP contribution in [0.2, 0.25) is 10.0 Å². The van der Waals surface area contributed by atoms with Gasteiger partial charge in [0.25, 0.3) is 0 Å². The van der Waals surface area contributed by atoms with E-state index in [0.29, 0.717) is 34.3 Å². The molecule has 2 N–H and O–H groups in total. The molecule has 0 spiro atoms. The lowest BCUT2D eigenvalue weighted by Gasteiger charge is -2.17. The van der Waals surface area contributed by atoms with Gasteiger partial charge in [-0.25, -0.2) is 0 Å². The van der Waals surface area contributed by atoms with E-state index in [1.165, 1.54) is 0 Å². The largest absolute Gasteiger partial charge is 0.350 e. The Bertz CT molecular complexity index is 907. The molecule has 6 nitrogen and oxygen atoms in total. The third-order valence-electron chi connectivity index (χ3n) is 3.92. The molecule has 0 bridgehead atoms. The first kappa shape index (κ1) is 19.2. The van der Waals surface area contributed by atoms with Crippen molar-refractivity contribution in [2.24, 2.45) is 4.99 Å². The molecular weight excluding hydrogens is 385 g/mol. The van der Waals surface area contributed by atoms with Crippen LogP contribution in [0.1, 0.15) is 24.4 Å². The summed E-state index contributed by atoms with van der Waals surface area (Å²) in [5, 5.41) is 11.8. The van der Waals surface area contributed by atoms with E-state index >= 15 is 0 Å². The van der Waals surface area contributed by atoms with Crippen molar-refractivity contribution in [1.82, 2.24) is 20.8 Å². The zero-order valence-electron chi connectivity index (χ0n) is 14.9. The van der Waals surface area contributed by atoms with Crippen molar-refractivity contribution in [3.63, 3.8) is 0 Å². The summed E-state index contributed by atoms with van der Waals surface area (Å²) in [6, 6.07) is 15.0. The third-order valence-corrected chi connectivity index (χ3v) is 4.43. The van der Waals surface area contributed by atoms with Gasteiger partial charge in [0, 0.05) is 22.7 Å². The van der Waals surface area contributed by atoms with Crippen molar-refractivity contribution in [1.29, 1.82) is 0 Å². The van der Waals surface area contributed by atoms with Crippen LogP contribution in [0.25, 0.3) is 11.4 Å². The van der Waals surface area contributed by atoms with Crippen LogP contribution >= 0.6 is 23.2 Å². The Morgan fingerprint density at radius 1 is 1.07 bits per heavy atom. The van der Waals surface area contributed by atoms with Crippen molar-refractivity contribution >= 4 is 29.2 Å². The van der Waals surface area contributed by atoms with Gasteiger partial charge in [-0.05, 0) is 48.9 Å². The molecule has 0 aliphatic carbocycles. The summed E-state index contributed by atoms with van der Waals surface area (Å²) in [6.45, 7) is 2.40. The van der Waals surface area contributed by atoms with Crippen LogP contribution in [0, 0.1) is 0 Å². The topological polar surface area (TPSA) is 75.3 Å². The molecule has 1 atom stereocenters. The minimum Gasteiger partial charge on any atom is -0.350 e. The monoisotopic (exact) mass is 403 g/mol. The highest BCUT2D eigenvalue weighted by Gasteiger charge is 2.11. The molecule has 140 valence electrons. The van der Waals surface area contributed by atoms with Crippen LogP contribution in [0.4, 0.5) is 0 Å². The van der Waals surface area contributed by atoms with E-state index in [9.17, 15) is 0 Å². The quantitative estimate of drug-likeness (QED) is 0.485. The average molecular weight is 404 g/mol. The highest BCUT2D eigenvalue weighted by atomic mass is 35.5. The van der Waals surface area contributed by atoms with Crippen LogP contribution in [0.5, 0.6) is 0 Å². The van der Waals surface area contributed by atoms with Gasteiger partial charge in [-0.1, -0.05) is 40.5 Å². The van der Waals surface area contributed by atoms with Crippen LogP contribution < -0.4 is 10.6 Å². The number of nitrogens with one attached hydrogen (secondary N) is 2. The Morgan fingerprint density at radius 3 is 2.33 bits per heavy atom. The Balaban J connectivity index is 1.58. The first-order valence-electron chi connectivity index (χ1n) is 8.36. The lowest BCUT2D eigenvalue weighted by atomic mass is 10.1. The van der Waals surface area contributed by atoms with Gasteiger partial charge in [-0.15, -0.1) is 0 Å². The number of hydrogen-bond donors (Lipinski definition) is 2. The number of halogens is 2. The Labute approximate surface area is 167 Å². The van der Waals surface area contributed by atoms with Gasteiger partial charge in [0.05, 0.1) is 12.6 Å². The highest BCUT2D eigenvalue weighted by Crippen LogP contribution is 2.19. The summed E-state index contributed by atoms with van der Waals surface area (Å²) >= 11 is 11.8.